The first kappa shape index (κ1) is 14.1. The van der Waals surface area contributed by atoms with Gasteiger partial charge in [0.05, 0.1) is 4.08 Å². The molecule has 2 rings (SSSR count). The molecule has 0 aliphatic carbocycles. The van der Waals surface area contributed by atoms with Crippen LogP contribution in [0.3, 0.4) is 0 Å². The van der Waals surface area contributed by atoms with Gasteiger partial charge in [0.15, 0.2) is 0 Å². The van der Waals surface area contributed by atoms with Crippen LogP contribution in [0.15, 0.2) is 43.0 Å². The van der Waals surface area contributed by atoms with Gasteiger partial charge in [-0.15, -0.1) is 23.5 Å². The molecular formula is C14H16OS3. The van der Waals surface area contributed by atoms with Crippen molar-refractivity contribution in [1.29, 1.82) is 0 Å². The summed E-state index contributed by atoms with van der Waals surface area (Å²) in [6, 6.07) is 10.6. The van der Waals surface area contributed by atoms with E-state index in [4.69, 9.17) is 0 Å². The molecule has 1 nitrogen and oxygen atoms in total. The normalized spacial score (nSPS) is 27.1. The highest BCUT2D eigenvalue weighted by molar-refractivity contribution is 8.22. The number of rotatable bonds is 4. The molecule has 1 saturated heterocycles. The first-order valence-corrected chi connectivity index (χ1v) is 8.65. The van der Waals surface area contributed by atoms with E-state index >= 15 is 0 Å². The van der Waals surface area contributed by atoms with E-state index in [1.54, 1.807) is 0 Å². The van der Waals surface area contributed by atoms with Gasteiger partial charge in [-0.3, -0.25) is 4.79 Å². The molecular weight excluding hydrogens is 280 g/mol. The number of thioether (sulfide) groups is 3. The molecule has 0 saturated carbocycles. The first-order valence-electron chi connectivity index (χ1n) is 5.80. The Morgan fingerprint density at radius 1 is 1.56 bits per heavy atom. The molecule has 0 bridgehead atoms. The van der Waals surface area contributed by atoms with Crippen molar-refractivity contribution in [3.05, 3.63) is 48.6 Å². The van der Waals surface area contributed by atoms with Gasteiger partial charge in [-0.1, -0.05) is 48.7 Å². The van der Waals surface area contributed by atoms with Crippen molar-refractivity contribution in [2.24, 2.45) is 0 Å². The van der Waals surface area contributed by atoms with Gasteiger partial charge in [0, 0.05) is 16.8 Å². The van der Waals surface area contributed by atoms with Crippen molar-refractivity contribution in [3.63, 3.8) is 0 Å². The van der Waals surface area contributed by atoms with E-state index in [2.05, 4.69) is 37.8 Å². The van der Waals surface area contributed by atoms with Crippen LogP contribution in [0, 0.1) is 0 Å². The van der Waals surface area contributed by atoms with Crippen LogP contribution in [0.5, 0.6) is 0 Å². The lowest BCUT2D eigenvalue weighted by Crippen LogP contribution is -2.11. The molecule has 0 aromatic heterocycles. The molecule has 1 aromatic rings. The summed E-state index contributed by atoms with van der Waals surface area (Å²) in [6.07, 6.45) is 1.40. The molecule has 1 fully saturated rings. The second-order valence-corrected chi connectivity index (χ2v) is 8.64. The number of hydrogen-bond acceptors (Lipinski definition) is 4. The topological polar surface area (TPSA) is 17.1 Å². The summed E-state index contributed by atoms with van der Waals surface area (Å²) in [6.45, 7) is 5.78. The minimum Gasteiger partial charge on any atom is -0.282 e. The van der Waals surface area contributed by atoms with Crippen molar-refractivity contribution in [1.82, 2.24) is 0 Å². The first-order chi connectivity index (χ1) is 8.64. The van der Waals surface area contributed by atoms with Gasteiger partial charge < -0.3 is 0 Å². The predicted molar refractivity (Wildman–Crippen MR) is 85.3 cm³/mol. The number of hydrogen-bond donors (Lipinski definition) is 0. The Labute approximate surface area is 121 Å². The Balaban J connectivity index is 1.95. The fraction of sp³-hybridized carbons (Fsp3) is 0.357. The van der Waals surface area contributed by atoms with Crippen LogP contribution in [-0.4, -0.2) is 21.9 Å². The molecule has 0 spiro atoms. The summed E-state index contributed by atoms with van der Waals surface area (Å²) in [5.41, 5.74) is 1.36. The zero-order chi connectivity index (χ0) is 13.0. The summed E-state index contributed by atoms with van der Waals surface area (Å²) in [4.78, 5) is 11.2. The Hall–Kier alpha value is -0.320. The Kier molecular flexibility index (Phi) is 4.87. The average molecular weight is 296 g/mol. The second kappa shape index (κ2) is 6.22. The summed E-state index contributed by atoms with van der Waals surface area (Å²) in [7, 11) is 0. The van der Waals surface area contributed by atoms with Gasteiger partial charge in [0.25, 0.3) is 0 Å². The standard InChI is InChI=1S/C14H16OS3/c1-3-13(15)16-9-12-10-17-14(2,18-12)11-7-5-4-6-8-11/h3-8,12H,1,9-10H2,2H3. The van der Waals surface area contributed by atoms with Crippen molar-refractivity contribution < 1.29 is 4.79 Å². The monoisotopic (exact) mass is 296 g/mol. The zero-order valence-corrected chi connectivity index (χ0v) is 12.7. The Morgan fingerprint density at radius 3 is 2.94 bits per heavy atom. The van der Waals surface area contributed by atoms with Crippen molar-refractivity contribution in [2.75, 3.05) is 11.5 Å². The molecule has 0 radical (unpaired) electrons. The molecule has 4 heteroatoms. The molecule has 1 aromatic carbocycles. The molecule has 2 atom stereocenters. The molecule has 1 aliphatic heterocycles. The van der Waals surface area contributed by atoms with Crippen LogP contribution in [-0.2, 0) is 8.87 Å². The quantitative estimate of drug-likeness (QED) is 0.776. The summed E-state index contributed by atoms with van der Waals surface area (Å²) in [5, 5.41) is 0.614. The largest absolute Gasteiger partial charge is 0.282 e. The minimum atomic E-state index is 0.0777. The van der Waals surface area contributed by atoms with Gasteiger partial charge in [-0.25, -0.2) is 0 Å². The lowest BCUT2D eigenvalue weighted by molar-refractivity contribution is -0.107. The van der Waals surface area contributed by atoms with Crippen LogP contribution in [0.25, 0.3) is 0 Å². The molecule has 1 aliphatic rings. The fourth-order valence-electron chi connectivity index (χ4n) is 1.85. The van der Waals surface area contributed by atoms with Crippen molar-refractivity contribution >= 4 is 40.4 Å². The highest BCUT2D eigenvalue weighted by atomic mass is 32.2. The van der Waals surface area contributed by atoms with Gasteiger partial charge >= 0.3 is 0 Å². The summed E-state index contributed by atoms with van der Waals surface area (Å²) < 4.78 is 0.129. The van der Waals surface area contributed by atoms with E-state index in [1.807, 2.05) is 29.6 Å². The van der Waals surface area contributed by atoms with Gasteiger partial charge in [-0.2, -0.15) is 0 Å². The van der Waals surface area contributed by atoms with E-state index in [0.29, 0.717) is 5.25 Å². The maximum Gasteiger partial charge on any atom is 0.211 e. The van der Waals surface area contributed by atoms with E-state index < -0.39 is 0 Å². The van der Waals surface area contributed by atoms with Crippen molar-refractivity contribution in [2.45, 2.75) is 16.3 Å². The van der Waals surface area contributed by atoms with Crippen LogP contribution >= 0.6 is 35.3 Å². The maximum absolute atomic E-state index is 11.2. The molecule has 96 valence electrons. The van der Waals surface area contributed by atoms with Gasteiger partial charge in [0.2, 0.25) is 5.12 Å². The maximum atomic E-state index is 11.2. The number of carbonyl (C=O) groups is 1. The van der Waals surface area contributed by atoms with Crippen LogP contribution in [0.4, 0.5) is 0 Å². The third-order valence-corrected chi connectivity index (χ3v) is 7.60. The predicted octanol–water partition coefficient (Wildman–Crippen LogP) is 4.15. The van der Waals surface area contributed by atoms with Crippen molar-refractivity contribution in [3.8, 4) is 0 Å². The highest BCUT2D eigenvalue weighted by Gasteiger charge is 2.38. The lowest BCUT2D eigenvalue weighted by atomic mass is 10.2. The molecule has 0 N–H and O–H groups in total. The fourth-order valence-corrected chi connectivity index (χ4v) is 6.25. The highest BCUT2D eigenvalue weighted by Crippen LogP contribution is 2.55. The van der Waals surface area contributed by atoms with E-state index in [1.165, 1.54) is 23.4 Å². The number of carbonyl (C=O) groups excluding carboxylic acids is 1. The Morgan fingerprint density at radius 2 is 2.28 bits per heavy atom. The zero-order valence-electron chi connectivity index (χ0n) is 10.3. The summed E-state index contributed by atoms with van der Waals surface area (Å²) in [5.74, 6) is 1.98. The molecule has 1 heterocycles. The summed E-state index contributed by atoms with van der Waals surface area (Å²) >= 11 is 5.33. The SMILES string of the molecule is C=CC(=O)SCC1CSC(C)(c2ccccc2)S1. The number of benzene rings is 1. The minimum absolute atomic E-state index is 0.0777. The van der Waals surface area contributed by atoms with E-state index in [9.17, 15) is 4.79 Å². The smallest absolute Gasteiger partial charge is 0.211 e. The molecule has 2 unspecified atom stereocenters. The van der Waals surface area contributed by atoms with Gasteiger partial charge in [0.1, 0.15) is 0 Å². The second-order valence-electron chi connectivity index (χ2n) is 4.20. The third kappa shape index (κ3) is 3.37. The Bertz CT molecular complexity index is 432. The van der Waals surface area contributed by atoms with E-state index in [-0.39, 0.29) is 9.19 Å². The molecule has 18 heavy (non-hydrogen) atoms. The van der Waals surface area contributed by atoms with Gasteiger partial charge in [-0.05, 0) is 18.6 Å². The molecule has 0 amide bonds. The average Bonchev–Trinajstić information content (AvgIpc) is 2.80. The van der Waals surface area contributed by atoms with Crippen LogP contribution < -0.4 is 0 Å². The van der Waals surface area contributed by atoms with Crippen LogP contribution in [0.2, 0.25) is 0 Å². The van der Waals surface area contributed by atoms with E-state index in [0.717, 1.165) is 11.5 Å². The van der Waals surface area contributed by atoms with Crippen LogP contribution in [0.1, 0.15) is 12.5 Å². The lowest BCUT2D eigenvalue weighted by Gasteiger charge is -2.23. The third-order valence-electron chi connectivity index (χ3n) is 2.81.